The van der Waals surface area contributed by atoms with Gasteiger partial charge in [0.1, 0.15) is 34.8 Å². The van der Waals surface area contributed by atoms with Gasteiger partial charge in [0.25, 0.3) is 5.91 Å². The summed E-state index contributed by atoms with van der Waals surface area (Å²) >= 11 is 0. The van der Waals surface area contributed by atoms with Crippen LogP contribution < -0.4 is 9.62 Å². The van der Waals surface area contributed by atoms with Crippen molar-refractivity contribution in [3.8, 4) is 28.1 Å². The predicted molar refractivity (Wildman–Crippen MR) is 164 cm³/mol. The van der Waals surface area contributed by atoms with Gasteiger partial charge in [0.15, 0.2) is 12.1 Å². The van der Waals surface area contributed by atoms with Crippen LogP contribution in [0.3, 0.4) is 0 Å². The summed E-state index contributed by atoms with van der Waals surface area (Å²) < 4.78 is 77.4. The summed E-state index contributed by atoms with van der Waals surface area (Å²) in [6, 6.07) is 14.8. The third kappa shape index (κ3) is 5.10. The summed E-state index contributed by atoms with van der Waals surface area (Å²) in [4.78, 5) is 28.7. The van der Waals surface area contributed by atoms with Gasteiger partial charge in [-0.15, -0.1) is 0 Å². The smallest absolute Gasteiger partial charge is 0.255 e. The highest BCUT2D eigenvalue weighted by molar-refractivity contribution is 7.92. The van der Waals surface area contributed by atoms with Crippen molar-refractivity contribution in [3.63, 3.8) is 0 Å². The maximum absolute atomic E-state index is 15.6. The number of nitrogens with zero attached hydrogens (tertiary/aromatic N) is 3. The third-order valence-corrected chi connectivity index (χ3v) is 8.70. The Kier molecular flexibility index (Phi) is 7.20. The molecular formula is C32H23F3N4O5S. The van der Waals surface area contributed by atoms with Crippen LogP contribution in [0.2, 0.25) is 0 Å². The zero-order chi connectivity index (χ0) is 32.2. The average Bonchev–Trinajstić information content (AvgIpc) is 3.62. The van der Waals surface area contributed by atoms with Gasteiger partial charge >= 0.3 is 0 Å². The van der Waals surface area contributed by atoms with Crippen LogP contribution in [0.4, 0.5) is 18.9 Å². The van der Waals surface area contributed by atoms with E-state index in [0.29, 0.717) is 17.5 Å². The van der Waals surface area contributed by atoms with E-state index >= 15 is 4.39 Å². The Labute approximate surface area is 254 Å². The fourth-order valence-electron chi connectivity index (χ4n) is 5.16. The van der Waals surface area contributed by atoms with Gasteiger partial charge in [-0.25, -0.2) is 26.6 Å². The zero-order valence-corrected chi connectivity index (χ0v) is 24.7. The van der Waals surface area contributed by atoms with Crippen LogP contribution in [0.15, 0.2) is 77.5 Å². The Morgan fingerprint density at radius 1 is 0.978 bits per heavy atom. The second-order valence-electron chi connectivity index (χ2n) is 10.3. The molecule has 6 aromatic rings. The number of rotatable bonds is 7. The van der Waals surface area contributed by atoms with Crippen LogP contribution in [0.1, 0.15) is 20.7 Å². The number of sulfonamides is 1. The summed E-state index contributed by atoms with van der Waals surface area (Å²) in [7, 11) is -1.10. The molecule has 228 valence electrons. The third-order valence-electron chi connectivity index (χ3n) is 7.50. The Hall–Kier alpha value is -5.43. The summed E-state index contributed by atoms with van der Waals surface area (Å²) in [5.74, 6) is -2.35. The number of aromatic nitrogens is 2. The highest BCUT2D eigenvalue weighted by atomic mass is 32.2. The van der Waals surface area contributed by atoms with E-state index in [1.807, 2.05) is 0 Å². The average molecular weight is 633 g/mol. The molecule has 0 aliphatic rings. The number of carbonyl (C=O) groups excluding carboxylic acids is 2. The molecule has 0 atom stereocenters. The number of hydrogen-bond donors (Lipinski definition) is 1. The van der Waals surface area contributed by atoms with Crippen LogP contribution in [0.5, 0.6) is 0 Å². The molecule has 4 aromatic carbocycles. The molecule has 0 unspecified atom stereocenters. The van der Waals surface area contributed by atoms with Gasteiger partial charge in [-0.05, 0) is 66.2 Å². The van der Waals surface area contributed by atoms with Crippen molar-refractivity contribution in [1.29, 1.82) is 0 Å². The minimum absolute atomic E-state index is 0.0252. The van der Waals surface area contributed by atoms with Crippen molar-refractivity contribution in [2.24, 2.45) is 0 Å². The van der Waals surface area contributed by atoms with Gasteiger partial charge in [-0.3, -0.25) is 18.5 Å². The Balaban J connectivity index is 1.66. The van der Waals surface area contributed by atoms with Gasteiger partial charge in [-0.1, -0.05) is 0 Å². The van der Waals surface area contributed by atoms with E-state index in [-0.39, 0.29) is 55.7 Å². The SMILES string of the molecule is CNC(=O)c1c(-c2ccc(F)cc2)oc2cc(N(C)S(C)(=O)=O)c(-c3cc(F)c4ncn(-c5ccc(F)c(C=O)c5)c4c3)cc12. The number of imidazole rings is 1. The molecule has 0 aliphatic carbocycles. The number of amides is 1. The second kappa shape index (κ2) is 10.9. The lowest BCUT2D eigenvalue weighted by Crippen LogP contribution is -2.25. The first-order valence-electron chi connectivity index (χ1n) is 13.4. The van der Waals surface area contributed by atoms with Crippen LogP contribution in [-0.2, 0) is 10.0 Å². The van der Waals surface area contributed by atoms with E-state index in [4.69, 9.17) is 4.42 Å². The molecule has 0 aliphatic heterocycles. The van der Waals surface area contributed by atoms with Gasteiger partial charge < -0.3 is 9.73 Å². The molecular weight excluding hydrogens is 609 g/mol. The predicted octanol–water partition coefficient (Wildman–Crippen LogP) is 6.09. The molecule has 9 nitrogen and oxygen atoms in total. The molecule has 13 heteroatoms. The molecule has 0 saturated heterocycles. The van der Waals surface area contributed by atoms with Crippen molar-refractivity contribution in [1.82, 2.24) is 14.9 Å². The van der Waals surface area contributed by atoms with Gasteiger partial charge in [0.05, 0.1) is 28.6 Å². The van der Waals surface area contributed by atoms with E-state index < -0.39 is 33.4 Å². The number of halogens is 3. The van der Waals surface area contributed by atoms with Crippen LogP contribution in [0.25, 0.3) is 50.1 Å². The van der Waals surface area contributed by atoms with E-state index in [1.54, 1.807) is 6.07 Å². The molecule has 0 spiro atoms. The number of benzene rings is 4. The highest BCUT2D eigenvalue weighted by Crippen LogP contribution is 2.42. The Morgan fingerprint density at radius 2 is 1.71 bits per heavy atom. The van der Waals surface area contributed by atoms with Crippen LogP contribution in [-0.4, -0.2) is 50.5 Å². The molecule has 0 saturated carbocycles. The van der Waals surface area contributed by atoms with E-state index in [9.17, 15) is 26.8 Å². The number of hydrogen-bond acceptors (Lipinski definition) is 6. The van der Waals surface area contributed by atoms with E-state index in [0.717, 1.165) is 16.6 Å². The molecule has 2 aromatic heterocycles. The molecule has 2 heterocycles. The number of fused-ring (bicyclic) bond motifs is 2. The number of aldehydes is 1. The van der Waals surface area contributed by atoms with Crippen LogP contribution >= 0.6 is 0 Å². The van der Waals surface area contributed by atoms with Crippen molar-refractivity contribution in [2.45, 2.75) is 0 Å². The molecule has 45 heavy (non-hydrogen) atoms. The first-order valence-corrected chi connectivity index (χ1v) is 15.2. The summed E-state index contributed by atoms with van der Waals surface area (Å²) in [5, 5.41) is 2.86. The van der Waals surface area contributed by atoms with Crippen LogP contribution in [0, 0.1) is 17.5 Å². The molecule has 1 N–H and O–H groups in total. The first kappa shape index (κ1) is 29.6. The minimum atomic E-state index is -3.85. The normalized spacial score (nSPS) is 11.7. The Bertz CT molecular complexity index is 2280. The fourth-order valence-corrected chi connectivity index (χ4v) is 5.67. The lowest BCUT2D eigenvalue weighted by Gasteiger charge is -2.21. The standard InChI is InChI=1S/C32H23F3N4O5S/c1-36-32(41)29-23-13-22(26(38(2)45(3,42)43)14-28(23)44-31(29)17-4-6-20(33)7-5-17)18-11-25(35)30-27(12-18)39(16-37-30)21-8-9-24(34)19(10-21)15-40/h4-16H,1-3H3,(H,36,41). The summed E-state index contributed by atoms with van der Waals surface area (Å²) in [5.41, 5.74) is 1.57. The Morgan fingerprint density at radius 3 is 2.38 bits per heavy atom. The molecule has 0 bridgehead atoms. The zero-order valence-electron chi connectivity index (χ0n) is 23.9. The molecule has 0 fully saturated rings. The first-order chi connectivity index (χ1) is 21.4. The quantitative estimate of drug-likeness (QED) is 0.213. The lowest BCUT2D eigenvalue weighted by atomic mass is 9.98. The second-order valence-corrected chi connectivity index (χ2v) is 12.3. The van der Waals surface area contributed by atoms with Crippen molar-refractivity contribution >= 4 is 49.9 Å². The van der Waals surface area contributed by atoms with Gasteiger partial charge in [-0.2, -0.15) is 0 Å². The monoisotopic (exact) mass is 632 g/mol. The fraction of sp³-hybridized carbons (Fsp3) is 0.0938. The van der Waals surface area contributed by atoms with E-state index in [2.05, 4.69) is 10.3 Å². The van der Waals surface area contributed by atoms with Gasteiger partial charge in [0, 0.05) is 42.4 Å². The minimum Gasteiger partial charge on any atom is -0.455 e. The molecule has 6 rings (SSSR count). The largest absolute Gasteiger partial charge is 0.455 e. The maximum atomic E-state index is 15.6. The van der Waals surface area contributed by atoms with Crippen molar-refractivity contribution in [3.05, 3.63) is 102 Å². The maximum Gasteiger partial charge on any atom is 0.255 e. The number of nitrogens with one attached hydrogen (secondary N) is 1. The summed E-state index contributed by atoms with van der Waals surface area (Å²) in [6.07, 6.45) is 2.68. The van der Waals surface area contributed by atoms with Crippen molar-refractivity contribution < 1.29 is 35.6 Å². The number of furan rings is 1. The van der Waals surface area contributed by atoms with Crippen molar-refractivity contribution in [2.75, 3.05) is 24.7 Å². The molecule has 1 amide bonds. The molecule has 0 radical (unpaired) electrons. The number of anilines is 1. The topological polar surface area (TPSA) is 115 Å². The van der Waals surface area contributed by atoms with E-state index in [1.165, 1.54) is 79.6 Å². The number of carbonyl (C=O) groups is 2. The highest BCUT2D eigenvalue weighted by Gasteiger charge is 2.26. The lowest BCUT2D eigenvalue weighted by molar-refractivity contribution is 0.0964. The summed E-state index contributed by atoms with van der Waals surface area (Å²) in [6.45, 7) is 0. The van der Waals surface area contributed by atoms with Gasteiger partial charge in [0.2, 0.25) is 10.0 Å².